The van der Waals surface area contributed by atoms with Crippen LogP contribution in [0.2, 0.25) is 0 Å². The summed E-state index contributed by atoms with van der Waals surface area (Å²) in [5.41, 5.74) is 1.65. The molecule has 1 heterocycles. The molecule has 1 aliphatic heterocycles. The van der Waals surface area contributed by atoms with E-state index in [0.29, 0.717) is 18.2 Å². The Morgan fingerprint density at radius 1 is 1.04 bits per heavy atom. The van der Waals surface area contributed by atoms with Gasteiger partial charge in [0.05, 0.1) is 26.2 Å². The molecule has 1 N–H and O–H groups in total. The number of carbonyl (C=O) groups is 3. The van der Waals surface area contributed by atoms with E-state index in [1.807, 2.05) is 12.1 Å². The van der Waals surface area contributed by atoms with Gasteiger partial charge in [0, 0.05) is 17.9 Å². The summed E-state index contributed by atoms with van der Waals surface area (Å²) in [6.07, 6.45) is 8.90. The highest BCUT2D eigenvalue weighted by Crippen LogP contribution is 2.26. The van der Waals surface area contributed by atoms with Gasteiger partial charge in [-0.3, -0.25) is 4.79 Å². The fourth-order valence-corrected chi connectivity index (χ4v) is 2.83. The van der Waals surface area contributed by atoms with Gasteiger partial charge in [-0.05, 0) is 42.7 Å². The standard InChI is InChI=1S/C21H22N2O5/c1-27-20(25)17-5-3-4-12-23(19(17)21(26)28-2)16-10-6-14(7-11-16)13-18(24)22-15-8-9-15/h3-7,10-12,15H,8-9,13H2,1-2H3,(H,22,24). The predicted octanol–water partition coefficient (Wildman–Crippen LogP) is 2.00. The maximum absolute atomic E-state index is 12.4. The number of hydrogen-bond donors (Lipinski definition) is 1. The van der Waals surface area contributed by atoms with E-state index in [-0.39, 0.29) is 17.2 Å². The van der Waals surface area contributed by atoms with Gasteiger partial charge in [-0.15, -0.1) is 0 Å². The summed E-state index contributed by atoms with van der Waals surface area (Å²) < 4.78 is 9.67. The van der Waals surface area contributed by atoms with Crippen LogP contribution in [0.5, 0.6) is 0 Å². The number of rotatable bonds is 6. The molecule has 1 aromatic carbocycles. The summed E-state index contributed by atoms with van der Waals surface area (Å²) in [4.78, 5) is 38.1. The van der Waals surface area contributed by atoms with Crippen molar-refractivity contribution in [2.45, 2.75) is 25.3 Å². The van der Waals surface area contributed by atoms with Crippen molar-refractivity contribution in [1.29, 1.82) is 0 Å². The molecule has 28 heavy (non-hydrogen) atoms. The van der Waals surface area contributed by atoms with E-state index in [4.69, 9.17) is 9.47 Å². The Bertz CT molecular complexity index is 863. The van der Waals surface area contributed by atoms with Crippen LogP contribution in [0.25, 0.3) is 0 Å². The molecule has 0 aromatic heterocycles. The molecule has 0 radical (unpaired) electrons. The first-order valence-corrected chi connectivity index (χ1v) is 8.96. The molecule has 0 unspecified atom stereocenters. The lowest BCUT2D eigenvalue weighted by Crippen LogP contribution is -2.27. The van der Waals surface area contributed by atoms with Crippen molar-refractivity contribution in [3.8, 4) is 0 Å². The van der Waals surface area contributed by atoms with Crippen molar-refractivity contribution >= 4 is 23.5 Å². The number of nitrogens with zero attached hydrogens (tertiary/aromatic N) is 1. The normalized spacial score (nSPS) is 15.9. The van der Waals surface area contributed by atoms with Crippen LogP contribution >= 0.6 is 0 Å². The fraction of sp³-hybridized carbons (Fsp3) is 0.286. The number of allylic oxidation sites excluding steroid dienone is 2. The SMILES string of the molecule is COC(=O)C1=C(C(=O)OC)N(c2ccc(CC(=O)NC3CC3)cc2)C=CC=C1. The number of methoxy groups -OCH3 is 2. The average Bonchev–Trinajstić information content (AvgIpc) is 3.53. The topological polar surface area (TPSA) is 84.9 Å². The Morgan fingerprint density at radius 3 is 2.32 bits per heavy atom. The Morgan fingerprint density at radius 2 is 1.71 bits per heavy atom. The number of benzene rings is 1. The van der Waals surface area contributed by atoms with Gasteiger partial charge < -0.3 is 19.7 Å². The van der Waals surface area contributed by atoms with Gasteiger partial charge in [0.25, 0.3) is 0 Å². The van der Waals surface area contributed by atoms with Crippen LogP contribution in [0, 0.1) is 0 Å². The number of carbonyl (C=O) groups excluding carboxylic acids is 3. The van der Waals surface area contributed by atoms with Crippen LogP contribution in [0.15, 0.2) is 60.0 Å². The molecular weight excluding hydrogens is 360 g/mol. The molecule has 1 amide bonds. The maximum atomic E-state index is 12.4. The molecule has 0 saturated heterocycles. The van der Waals surface area contributed by atoms with Gasteiger partial charge in [-0.1, -0.05) is 18.2 Å². The van der Waals surface area contributed by atoms with E-state index in [1.54, 1.807) is 35.4 Å². The fourth-order valence-electron chi connectivity index (χ4n) is 2.83. The van der Waals surface area contributed by atoms with Crippen molar-refractivity contribution in [1.82, 2.24) is 5.32 Å². The molecule has 1 aromatic rings. The summed E-state index contributed by atoms with van der Waals surface area (Å²) in [5.74, 6) is -1.31. The highest BCUT2D eigenvalue weighted by Gasteiger charge is 2.27. The Balaban J connectivity index is 1.87. The minimum Gasteiger partial charge on any atom is -0.465 e. The predicted molar refractivity (Wildman–Crippen MR) is 103 cm³/mol. The molecule has 7 nitrogen and oxygen atoms in total. The number of esters is 2. The summed E-state index contributed by atoms with van der Waals surface area (Å²) in [6.45, 7) is 0. The lowest BCUT2D eigenvalue weighted by atomic mass is 10.1. The van der Waals surface area contributed by atoms with Gasteiger partial charge in [0.2, 0.25) is 5.91 Å². The molecule has 146 valence electrons. The minimum absolute atomic E-state index is 0.00255. The van der Waals surface area contributed by atoms with Crippen molar-refractivity contribution in [2.75, 3.05) is 19.1 Å². The zero-order chi connectivity index (χ0) is 20.1. The highest BCUT2D eigenvalue weighted by atomic mass is 16.5. The van der Waals surface area contributed by atoms with E-state index in [1.165, 1.54) is 20.3 Å². The number of amides is 1. The lowest BCUT2D eigenvalue weighted by molar-refractivity contribution is -0.139. The average molecular weight is 382 g/mol. The third kappa shape index (κ3) is 4.49. The van der Waals surface area contributed by atoms with Crippen LogP contribution in [0.3, 0.4) is 0 Å². The first-order valence-electron chi connectivity index (χ1n) is 8.96. The van der Waals surface area contributed by atoms with E-state index >= 15 is 0 Å². The molecule has 1 fully saturated rings. The second-order valence-corrected chi connectivity index (χ2v) is 6.50. The van der Waals surface area contributed by atoms with Crippen LogP contribution < -0.4 is 10.2 Å². The summed E-state index contributed by atoms with van der Waals surface area (Å²) >= 11 is 0. The van der Waals surface area contributed by atoms with E-state index < -0.39 is 11.9 Å². The molecule has 0 spiro atoms. The van der Waals surface area contributed by atoms with E-state index in [9.17, 15) is 14.4 Å². The molecule has 1 saturated carbocycles. The van der Waals surface area contributed by atoms with Crippen LogP contribution in [0.1, 0.15) is 18.4 Å². The Hall–Kier alpha value is -3.35. The summed E-state index contributed by atoms with van der Waals surface area (Å²) in [6, 6.07) is 7.54. The third-order valence-electron chi connectivity index (χ3n) is 4.41. The van der Waals surface area contributed by atoms with Gasteiger partial charge >= 0.3 is 11.9 Å². The van der Waals surface area contributed by atoms with Gasteiger partial charge in [-0.25, -0.2) is 9.59 Å². The minimum atomic E-state index is -0.663. The molecule has 2 aliphatic rings. The number of nitrogens with one attached hydrogen (secondary N) is 1. The molecular formula is C21H22N2O5. The van der Waals surface area contributed by atoms with Crippen molar-refractivity contribution in [2.24, 2.45) is 0 Å². The number of anilines is 1. The van der Waals surface area contributed by atoms with Gasteiger partial charge in [-0.2, -0.15) is 0 Å². The zero-order valence-electron chi connectivity index (χ0n) is 15.8. The Labute approximate surface area is 163 Å². The number of ether oxygens (including phenoxy) is 2. The Kier molecular flexibility index (Phi) is 5.93. The maximum Gasteiger partial charge on any atom is 0.355 e. The van der Waals surface area contributed by atoms with Gasteiger partial charge in [0.1, 0.15) is 5.70 Å². The first kappa shape index (κ1) is 19.4. The lowest BCUT2D eigenvalue weighted by Gasteiger charge is -2.23. The second-order valence-electron chi connectivity index (χ2n) is 6.50. The first-order chi connectivity index (χ1) is 13.5. The molecule has 1 aliphatic carbocycles. The van der Waals surface area contributed by atoms with Crippen LogP contribution in [-0.2, 0) is 30.3 Å². The number of hydrogen-bond acceptors (Lipinski definition) is 6. The van der Waals surface area contributed by atoms with E-state index in [2.05, 4.69) is 5.32 Å². The quantitative estimate of drug-likeness (QED) is 0.758. The monoisotopic (exact) mass is 382 g/mol. The summed E-state index contributed by atoms with van der Waals surface area (Å²) in [7, 11) is 2.50. The van der Waals surface area contributed by atoms with Crippen LogP contribution in [-0.4, -0.2) is 38.1 Å². The van der Waals surface area contributed by atoms with Crippen molar-refractivity contribution < 1.29 is 23.9 Å². The second kappa shape index (κ2) is 8.56. The van der Waals surface area contributed by atoms with Crippen LogP contribution in [0.4, 0.5) is 5.69 Å². The highest BCUT2D eigenvalue weighted by molar-refractivity contribution is 6.05. The molecule has 3 rings (SSSR count). The third-order valence-corrected chi connectivity index (χ3v) is 4.41. The van der Waals surface area contributed by atoms with E-state index in [0.717, 1.165) is 18.4 Å². The smallest absolute Gasteiger partial charge is 0.355 e. The molecule has 0 bridgehead atoms. The van der Waals surface area contributed by atoms with Gasteiger partial charge in [0.15, 0.2) is 0 Å². The molecule has 7 heteroatoms. The summed E-state index contributed by atoms with van der Waals surface area (Å²) in [5, 5.41) is 2.95. The van der Waals surface area contributed by atoms with Crippen molar-refractivity contribution in [3.05, 3.63) is 65.5 Å². The molecule has 0 atom stereocenters. The van der Waals surface area contributed by atoms with Crippen molar-refractivity contribution in [3.63, 3.8) is 0 Å². The largest absolute Gasteiger partial charge is 0.465 e. The zero-order valence-corrected chi connectivity index (χ0v) is 15.8.